The van der Waals surface area contributed by atoms with Crippen molar-refractivity contribution in [3.05, 3.63) is 33.8 Å². The first-order valence-corrected chi connectivity index (χ1v) is 7.65. The quantitative estimate of drug-likeness (QED) is 0.779. The van der Waals surface area contributed by atoms with Crippen molar-refractivity contribution in [3.63, 3.8) is 0 Å². The fraction of sp³-hybridized carbons (Fsp3) is 0.533. The van der Waals surface area contributed by atoms with Crippen LogP contribution < -0.4 is 11.1 Å². The van der Waals surface area contributed by atoms with Crippen LogP contribution in [-0.4, -0.2) is 18.0 Å². The van der Waals surface area contributed by atoms with Gasteiger partial charge in [-0.15, -0.1) is 12.4 Å². The van der Waals surface area contributed by atoms with Crippen LogP contribution in [0, 0.1) is 0 Å². The predicted octanol–water partition coefficient (Wildman–Crippen LogP) is 3.98. The van der Waals surface area contributed by atoms with Crippen LogP contribution in [0.5, 0.6) is 0 Å². The molecule has 1 rings (SSSR count). The Morgan fingerprint density at radius 3 is 2.43 bits per heavy atom. The van der Waals surface area contributed by atoms with Crippen LogP contribution in [0.15, 0.2) is 18.2 Å². The number of carbonyl (C=O) groups excluding carboxylic acids is 1. The summed E-state index contributed by atoms with van der Waals surface area (Å²) in [5.41, 5.74) is 6.76. The summed E-state index contributed by atoms with van der Waals surface area (Å²) in [5.74, 6) is -0.00672. The minimum Gasteiger partial charge on any atom is -0.354 e. The van der Waals surface area contributed by atoms with Crippen molar-refractivity contribution in [1.82, 2.24) is 5.32 Å². The number of nitrogens with two attached hydrogens (primary N) is 1. The lowest BCUT2D eigenvalue weighted by Gasteiger charge is -2.26. The number of benzene rings is 1. The van der Waals surface area contributed by atoms with Crippen LogP contribution in [0.2, 0.25) is 10.0 Å². The van der Waals surface area contributed by atoms with E-state index in [0.29, 0.717) is 29.4 Å². The summed E-state index contributed by atoms with van der Waals surface area (Å²) in [4.78, 5) is 11.8. The van der Waals surface area contributed by atoms with Crippen molar-refractivity contribution >= 4 is 41.5 Å². The molecule has 0 heterocycles. The monoisotopic (exact) mass is 352 g/mol. The van der Waals surface area contributed by atoms with Crippen molar-refractivity contribution in [2.45, 2.75) is 45.1 Å². The van der Waals surface area contributed by atoms with Crippen LogP contribution in [-0.2, 0) is 11.2 Å². The summed E-state index contributed by atoms with van der Waals surface area (Å²) in [6.45, 7) is 4.57. The third-order valence-corrected chi connectivity index (χ3v) is 4.27. The van der Waals surface area contributed by atoms with Gasteiger partial charge in [0.1, 0.15) is 0 Å². The van der Waals surface area contributed by atoms with Crippen molar-refractivity contribution in [2.75, 3.05) is 6.54 Å². The molecule has 3 N–H and O–H groups in total. The molecule has 6 heteroatoms. The molecule has 0 spiro atoms. The number of nitrogens with one attached hydrogen (secondary N) is 1. The molecule has 1 aromatic carbocycles. The normalized spacial score (nSPS) is 10.9. The van der Waals surface area contributed by atoms with Gasteiger partial charge in [0.05, 0.1) is 0 Å². The van der Waals surface area contributed by atoms with Gasteiger partial charge in [0.2, 0.25) is 5.91 Å². The second-order valence-electron chi connectivity index (χ2n) is 5.08. The predicted molar refractivity (Wildman–Crippen MR) is 92.5 cm³/mol. The highest BCUT2D eigenvalue weighted by atomic mass is 35.5. The molecule has 0 radical (unpaired) electrons. The number of rotatable bonds is 7. The fourth-order valence-corrected chi connectivity index (χ4v) is 2.34. The number of halogens is 3. The molecular formula is C15H23Cl3N2O. The molecule has 0 atom stereocenters. The average molecular weight is 354 g/mol. The van der Waals surface area contributed by atoms with Gasteiger partial charge in [-0.2, -0.15) is 0 Å². The van der Waals surface area contributed by atoms with Gasteiger partial charge in [-0.3, -0.25) is 4.79 Å². The molecule has 0 saturated heterocycles. The molecule has 0 unspecified atom stereocenters. The number of aryl methyl sites for hydroxylation is 1. The summed E-state index contributed by atoms with van der Waals surface area (Å²) in [7, 11) is 0. The molecule has 0 fully saturated rings. The van der Waals surface area contributed by atoms with E-state index in [1.807, 2.05) is 19.9 Å². The van der Waals surface area contributed by atoms with Crippen LogP contribution in [0.25, 0.3) is 0 Å². The highest BCUT2D eigenvalue weighted by Crippen LogP contribution is 2.22. The topological polar surface area (TPSA) is 55.1 Å². The third kappa shape index (κ3) is 6.88. The largest absolute Gasteiger partial charge is 0.354 e. The summed E-state index contributed by atoms with van der Waals surface area (Å²) in [6.07, 6.45) is 2.67. The Labute approximate surface area is 143 Å². The molecule has 0 aliphatic heterocycles. The molecule has 3 nitrogen and oxygen atoms in total. The Bertz CT molecular complexity index is 462. The van der Waals surface area contributed by atoms with Gasteiger partial charge in [-0.25, -0.2) is 0 Å². The van der Waals surface area contributed by atoms with Gasteiger partial charge >= 0.3 is 0 Å². The van der Waals surface area contributed by atoms with Crippen LogP contribution >= 0.6 is 35.6 Å². The number of hydrogen-bond acceptors (Lipinski definition) is 2. The van der Waals surface area contributed by atoms with E-state index in [-0.39, 0.29) is 23.9 Å². The van der Waals surface area contributed by atoms with Crippen molar-refractivity contribution in [3.8, 4) is 0 Å². The standard InChI is InChI=1S/C15H22Cl2N2O.ClH/c1-3-15(18,4-2)10-19-14(20)8-6-11-5-7-12(16)9-13(11)17;/h5,7,9H,3-4,6,8,10,18H2,1-2H3,(H,19,20);1H. The fourth-order valence-electron chi connectivity index (χ4n) is 1.84. The molecule has 1 aromatic rings. The maximum absolute atomic E-state index is 11.8. The molecule has 21 heavy (non-hydrogen) atoms. The van der Waals surface area contributed by atoms with E-state index >= 15 is 0 Å². The Morgan fingerprint density at radius 1 is 1.29 bits per heavy atom. The van der Waals surface area contributed by atoms with E-state index in [1.54, 1.807) is 12.1 Å². The summed E-state index contributed by atoms with van der Waals surface area (Å²) < 4.78 is 0. The van der Waals surface area contributed by atoms with Gasteiger partial charge in [-0.1, -0.05) is 43.1 Å². The zero-order valence-corrected chi connectivity index (χ0v) is 14.7. The van der Waals surface area contributed by atoms with E-state index in [1.165, 1.54) is 0 Å². The first-order valence-electron chi connectivity index (χ1n) is 6.89. The lowest BCUT2D eigenvalue weighted by molar-refractivity contribution is -0.121. The maximum Gasteiger partial charge on any atom is 0.220 e. The molecular weight excluding hydrogens is 331 g/mol. The molecule has 0 saturated carbocycles. The first-order chi connectivity index (χ1) is 9.40. The molecule has 0 aromatic heterocycles. The highest BCUT2D eigenvalue weighted by Gasteiger charge is 2.20. The van der Waals surface area contributed by atoms with E-state index in [9.17, 15) is 4.79 Å². The van der Waals surface area contributed by atoms with Gasteiger partial charge in [0.15, 0.2) is 0 Å². The van der Waals surface area contributed by atoms with Gasteiger partial charge in [0, 0.05) is 28.5 Å². The SMILES string of the molecule is CCC(N)(CC)CNC(=O)CCc1ccc(Cl)cc1Cl.Cl. The molecule has 0 aliphatic rings. The number of hydrogen-bond donors (Lipinski definition) is 2. The molecule has 0 aliphatic carbocycles. The first kappa shape index (κ1) is 20.5. The zero-order chi connectivity index (χ0) is 15.2. The minimum atomic E-state index is -0.312. The van der Waals surface area contributed by atoms with Crippen molar-refractivity contribution in [1.29, 1.82) is 0 Å². The maximum atomic E-state index is 11.8. The second kappa shape index (κ2) is 9.52. The van der Waals surface area contributed by atoms with E-state index < -0.39 is 0 Å². The third-order valence-electron chi connectivity index (χ3n) is 3.68. The van der Waals surface area contributed by atoms with E-state index in [4.69, 9.17) is 28.9 Å². The highest BCUT2D eigenvalue weighted by molar-refractivity contribution is 6.35. The summed E-state index contributed by atoms with van der Waals surface area (Å²) >= 11 is 11.9. The Hall–Kier alpha value is -0.480. The van der Waals surface area contributed by atoms with E-state index in [0.717, 1.165) is 18.4 Å². The lowest BCUT2D eigenvalue weighted by atomic mass is 9.94. The van der Waals surface area contributed by atoms with Gasteiger partial charge in [-0.05, 0) is 37.0 Å². The Morgan fingerprint density at radius 2 is 1.90 bits per heavy atom. The smallest absolute Gasteiger partial charge is 0.220 e. The molecule has 120 valence electrons. The van der Waals surface area contributed by atoms with Gasteiger partial charge < -0.3 is 11.1 Å². The summed E-state index contributed by atoms with van der Waals surface area (Å²) in [5, 5.41) is 4.09. The number of carbonyl (C=O) groups is 1. The lowest BCUT2D eigenvalue weighted by Crippen LogP contribution is -2.49. The van der Waals surface area contributed by atoms with Crippen LogP contribution in [0.3, 0.4) is 0 Å². The average Bonchev–Trinajstić information content (AvgIpc) is 2.44. The minimum absolute atomic E-state index is 0. The summed E-state index contributed by atoms with van der Waals surface area (Å²) in [6, 6.07) is 5.32. The zero-order valence-electron chi connectivity index (χ0n) is 12.4. The Kier molecular flexibility index (Phi) is 9.30. The second-order valence-corrected chi connectivity index (χ2v) is 5.93. The van der Waals surface area contributed by atoms with Gasteiger partial charge in [0.25, 0.3) is 0 Å². The van der Waals surface area contributed by atoms with E-state index in [2.05, 4.69) is 5.32 Å². The van der Waals surface area contributed by atoms with Crippen LogP contribution in [0.4, 0.5) is 0 Å². The van der Waals surface area contributed by atoms with Crippen molar-refractivity contribution in [2.24, 2.45) is 5.73 Å². The molecule has 1 amide bonds. The Balaban J connectivity index is 0.00000400. The number of amides is 1. The van der Waals surface area contributed by atoms with Crippen LogP contribution in [0.1, 0.15) is 38.7 Å². The van der Waals surface area contributed by atoms with Crippen molar-refractivity contribution < 1.29 is 4.79 Å². The molecule has 0 bridgehead atoms.